The second-order valence-corrected chi connectivity index (χ2v) is 5.22. The van der Waals surface area contributed by atoms with Crippen LogP contribution in [0.25, 0.3) is 11.0 Å². The highest BCUT2D eigenvalue weighted by Crippen LogP contribution is 2.22. The van der Waals surface area contributed by atoms with Crippen LogP contribution in [-0.2, 0) is 0 Å². The molecule has 2 aromatic carbocycles. The molecule has 1 amide bonds. The molecule has 0 saturated carbocycles. The molecule has 1 heterocycles. The quantitative estimate of drug-likeness (QED) is 0.406. The first-order chi connectivity index (χ1) is 12.1. The van der Waals surface area contributed by atoms with E-state index in [-0.39, 0.29) is 11.6 Å². The van der Waals surface area contributed by atoms with E-state index in [4.69, 9.17) is 0 Å². The van der Waals surface area contributed by atoms with Crippen molar-refractivity contribution in [3.63, 3.8) is 0 Å². The smallest absolute Gasteiger partial charge is 0.292 e. The summed E-state index contributed by atoms with van der Waals surface area (Å²) in [5.74, 6) is -0.239. The van der Waals surface area contributed by atoms with Crippen molar-refractivity contribution in [3.05, 3.63) is 70.5 Å². The fourth-order valence-electron chi connectivity index (χ4n) is 2.36. The maximum Gasteiger partial charge on any atom is 0.292 e. The van der Waals surface area contributed by atoms with Crippen LogP contribution in [0.1, 0.15) is 10.4 Å². The normalized spacial score (nSPS) is 10.4. The second-order valence-electron chi connectivity index (χ2n) is 5.22. The van der Waals surface area contributed by atoms with Crippen molar-refractivity contribution in [2.24, 2.45) is 0 Å². The van der Waals surface area contributed by atoms with Crippen LogP contribution in [0, 0.1) is 10.1 Å². The first-order valence-corrected chi connectivity index (χ1v) is 7.61. The lowest BCUT2D eigenvalue weighted by Gasteiger charge is -2.08. The number of rotatable bonds is 6. The van der Waals surface area contributed by atoms with Gasteiger partial charge in [-0.15, -0.1) is 0 Å². The summed E-state index contributed by atoms with van der Waals surface area (Å²) in [6.45, 7) is 0.688. The fourth-order valence-corrected chi connectivity index (χ4v) is 2.36. The molecule has 0 saturated heterocycles. The minimum Gasteiger partial charge on any atom is -0.378 e. The summed E-state index contributed by atoms with van der Waals surface area (Å²) in [5.41, 5.74) is 2.27. The average Bonchev–Trinajstić information content (AvgIpc) is 2.64. The molecule has 0 aliphatic rings. The number of anilines is 1. The minimum absolute atomic E-state index is 0.00179. The van der Waals surface area contributed by atoms with Gasteiger partial charge in [0, 0.05) is 37.1 Å². The monoisotopic (exact) mass is 337 g/mol. The van der Waals surface area contributed by atoms with Gasteiger partial charge in [-0.1, -0.05) is 12.1 Å². The number of hydrogen-bond acceptors (Lipinski definition) is 6. The number of fused-ring (bicyclic) bond motifs is 1. The minimum atomic E-state index is -0.447. The summed E-state index contributed by atoms with van der Waals surface area (Å²) >= 11 is 0. The van der Waals surface area contributed by atoms with Crippen molar-refractivity contribution in [2.75, 3.05) is 18.4 Å². The third-order valence-electron chi connectivity index (χ3n) is 3.56. The predicted molar refractivity (Wildman–Crippen MR) is 93.5 cm³/mol. The van der Waals surface area contributed by atoms with Crippen LogP contribution in [0.5, 0.6) is 0 Å². The van der Waals surface area contributed by atoms with Crippen molar-refractivity contribution < 1.29 is 9.72 Å². The van der Waals surface area contributed by atoms with Crippen LogP contribution in [-0.4, -0.2) is 33.9 Å². The zero-order valence-electron chi connectivity index (χ0n) is 13.2. The molecule has 0 aliphatic heterocycles. The molecule has 0 unspecified atom stereocenters. The Balaban J connectivity index is 1.56. The van der Waals surface area contributed by atoms with E-state index in [2.05, 4.69) is 20.6 Å². The molecule has 2 N–H and O–H groups in total. The Bertz CT molecular complexity index is 929. The highest BCUT2D eigenvalue weighted by molar-refractivity contribution is 5.97. The summed E-state index contributed by atoms with van der Waals surface area (Å²) in [4.78, 5) is 31.0. The fraction of sp³-hybridized carbons (Fsp3) is 0.118. The summed E-state index contributed by atoms with van der Waals surface area (Å²) < 4.78 is 0. The Morgan fingerprint density at radius 1 is 1.04 bits per heavy atom. The lowest BCUT2D eigenvalue weighted by Crippen LogP contribution is -2.28. The number of amides is 1. The molecule has 3 aromatic rings. The van der Waals surface area contributed by atoms with Gasteiger partial charge >= 0.3 is 0 Å². The van der Waals surface area contributed by atoms with E-state index in [1.807, 2.05) is 0 Å². The van der Waals surface area contributed by atoms with E-state index < -0.39 is 4.92 Å². The molecule has 0 aliphatic carbocycles. The van der Waals surface area contributed by atoms with Gasteiger partial charge in [-0.25, -0.2) is 0 Å². The predicted octanol–water partition coefficient (Wildman–Crippen LogP) is 2.38. The number of carbonyl (C=O) groups excluding carboxylic acids is 1. The molecule has 8 nitrogen and oxygen atoms in total. The molecular weight excluding hydrogens is 322 g/mol. The number of carbonyl (C=O) groups is 1. The summed E-state index contributed by atoms with van der Waals surface area (Å²) in [6.07, 6.45) is 3.16. The first kappa shape index (κ1) is 16.3. The highest BCUT2D eigenvalue weighted by atomic mass is 16.6. The van der Waals surface area contributed by atoms with E-state index in [1.54, 1.807) is 48.8 Å². The van der Waals surface area contributed by atoms with Crippen LogP contribution in [0.3, 0.4) is 0 Å². The molecule has 0 radical (unpaired) electrons. The van der Waals surface area contributed by atoms with Crippen molar-refractivity contribution in [1.29, 1.82) is 0 Å². The Morgan fingerprint density at radius 2 is 1.80 bits per heavy atom. The van der Waals surface area contributed by atoms with E-state index >= 15 is 0 Å². The van der Waals surface area contributed by atoms with Gasteiger partial charge in [0.05, 0.1) is 16.0 Å². The van der Waals surface area contributed by atoms with E-state index in [1.165, 1.54) is 6.07 Å². The maximum absolute atomic E-state index is 12.2. The summed E-state index contributed by atoms with van der Waals surface area (Å²) in [5, 5.41) is 16.7. The molecule has 25 heavy (non-hydrogen) atoms. The molecule has 0 fully saturated rings. The number of para-hydroxylation sites is 2. The molecule has 126 valence electrons. The van der Waals surface area contributed by atoms with Gasteiger partial charge in [0.25, 0.3) is 11.6 Å². The number of benzene rings is 2. The van der Waals surface area contributed by atoms with E-state index in [0.717, 1.165) is 5.52 Å². The van der Waals surface area contributed by atoms with E-state index in [9.17, 15) is 14.9 Å². The Morgan fingerprint density at radius 3 is 2.60 bits per heavy atom. The van der Waals surface area contributed by atoms with Gasteiger partial charge in [-0.05, 0) is 24.3 Å². The molecular formula is C17H15N5O3. The van der Waals surface area contributed by atoms with Crippen molar-refractivity contribution >= 4 is 28.3 Å². The number of nitrogens with one attached hydrogen (secondary N) is 2. The number of hydrogen-bond donors (Lipinski definition) is 2. The second kappa shape index (κ2) is 7.35. The topological polar surface area (TPSA) is 110 Å². The van der Waals surface area contributed by atoms with Crippen molar-refractivity contribution in [1.82, 2.24) is 15.3 Å². The van der Waals surface area contributed by atoms with Gasteiger partial charge in [0.1, 0.15) is 5.69 Å². The SMILES string of the molecule is O=C(NCCNc1ccccc1[N+](=O)[O-])c1ccc2nccnc2c1. The Kier molecular flexibility index (Phi) is 4.79. The molecule has 1 aromatic heterocycles. The highest BCUT2D eigenvalue weighted by Gasteiger charge is 2.11. The molecule has 0 atom stereocenters. The average molecular weight is 337 g/mol. The maximum atomic E-state index is 12.2. The van der Waals surface area contributed by atoms with Gasteiger partial charge < -0.3 is 10.6 Å². The number of nitro groups is 1. The lowest BCUT2D eigenvalue weighted by molar-refractivity contribution is -0.384. The Hall–Kier alpha value is -3.55. The molecule has 3 rings (SSSR count). The van der Waals surface area contributed by atoms with E-state index in [0.29, 0.717) is 29.9 Å². The number of nitro benzene ring substituents is 1. The number of aromatic nitrogens is 2. The van der Waals surface area contributed by atoms with Gasteiger partial charge in [-0.2, -0.15) is 0 Å². The third-order valence-corrected chi connectivity index (χ3v) is 3.56. The Labute approximate surface area is 143 Å². The van der Waals surface area contributed by atoms with Crippen LogP contribution < -0.4 is 10.6 Å². The van der Waals surface area contributed by atoms with Gasteiger partial charge in [0.2, 0.25) is 0 Å². The first-order valence-electron chi connectivity index (χ1n) is 7.61. The third kappa shape index (κ3) is 3.86. The van der Waals surface area contributed by atoms with Crippen LogP contribution in [0.2, 0.25) is 0 Å². The standard InChI is InChI=1S/C17H15N5O3/c23-17(12-5-6-13-15(11-12)20-8-7-18-13)21-10-9-19-14-3-1-2-4-16(14)22(24)25/h1-8,11,19H,9-10H2,(H,21,23). The summed E-state index contributed by atoms with van der Waals surface area (Å²) in [6, 6.07) is 11.5. The summed E-state index contributed by atoms with van der Waals surface area (Å²) in [7, 11) is 0. The van der Waals surface area contributed by atoms with Gasteiger partial charge in [0.15, 0.2) is 0 Å². The zero-order chi connectivity index (χ0) is 17.6. The molecule has 0 spiro atoms. The zero-order valence-corrected chi connectivity index (χ0v) is 13.2. The van der Waals surface area contributed by atoms with Crippen LogP contribution in [0.15, 0.2) is 54.9 Å². The van der Waals surface area contributed by atoms with Crippen molar-refractivity contribution in [2.45, 2.75) is 0 Å². The van der Waals surface area contributed by atoms with Crippen LogP contribution >= 0.6 is 0 Å². The molecule has 8 heteroatoms. The largest absolute Gasteiger partial charge is 0.378 e. The van der Waals surface area contributed by atoms with Crippen molar-refractivity contribution in [3.8, 4) is 0 Å². The number of nitrogens with zero attached hydrogens (tertiary/aromatic N) is 3. The molecule has 0 bridgehead atoms. The van der Waals surface area contributed by atoms with Gasteiger partial charge in [-0.3, -0.25) is 24.9 Å². The van der Waals surface area contributed by atoms with Crippen LogP contribution in [0.4, 0.5) is 11.4 Å². The lowest BCUT2D eigenvalue weighted by atomic mass is 10.2.